The molecule has 1 saturated heterocycles. The maximum Gasteiger partial charge on any atom is 0.270 e. The summed E-state index contributed by atoms with van der Waals surface area (Å²) in [4.78, 5) is 39.7. The van der Waals surface area contributed by atoms with E-state index in [0.29, 0.717) is 32.9 Å². The summed E-state index contributed by atoms with van der Waals surface area (Å²) >= 11 is 8.75. The molecule has 0 aliphatic carbocycles. The maximum absolute atomic E-state index is 13.4. The van der Waals surface area contributed by atoms with Crippen LogP contribution in [0.15, 0.2) is 76.8 Å². The number of methoxy groups -OCH3 is 1. The first-order valence-corrected chi connectivity index (χ1v) is 12.9. The largest absolute Gasteiger partial charge is 0.493 e. The molecular formula is C28H24BrN3O5S. The van der Waals surface area contributed by atoms with Gasteiger partial charge in [0.25, 0.3) is 17.7 Å². The van der Waals surface area contributed by atoms with E-state index >= 15 is 0 Å². The van der Waals surface area contributed by atoms with Crippen molar-refractivity contribution in [1.82, 2.24) is 5.32 Å². The number of carbonyl (C=O) groups is 3. The van der Waals surface area contributed by atoms with Crippen molar-refractivity contribution in [3.05, 3.63) is 87.9 Å². The summed E-state index contributed by atoms with van der Waals surface area (Å²) < 4.78 is 11.6. The van der Waals surface area contributed by atoms with Gasteiger partial charge in [0.05, 0.1) is 12.8 Å². The van der Waals surface area contributed by atoms with Crippen LogP contribution in [0.25, 0.3) is 6.08 Å². The number of hydrogen-bond donors (Lipinski definition) is 2. The number of thiocarbonyl (C=S) groups is 1. The monoisotopic (exact) mass is 593 g/mol. The fourth-order valence-electron chi connectivity index (χ4n) is 3.72. The van der Waals surface area contributed by atoms with E-state index in [1.165, 1.54) is 18.1 Å². The Morgan fingerprint density at radius 3 is 2.45 bits per heavy atom. The van der Waals surface area contributed by atoms with Gasteiger partial charge in [0, 0.05) is 10.2 Å². The number of para-hydroxylation sites is 1. The molecular weight excluding hydrogens is 570 g/mol. The lowest BCUT2D eigenvalue weighted by atomic mass is 10.1. The Balaban J connectivity index is 1.56. The third kappa shape index (κ3) is 6.09. The second kappa shape index (κ2) is 12.0. The van der Waals surface area contributed by atoms with Gasteiger partial charge in [-0.05, 0) is 72.2 Å². The Kier molecular flexibility index (Phi) is 8.55. The van der Waals surface area contributed by atoms with Crippen molar-refractivity contribution in [1.29, 1.82) is 0 Å². The SMILES string of the molecule is CCc1ccc(N2C(=O)/C(=C/c3cc(OC)c(OCC(=O)Nc4ccccc4)cc3Br)C(=O)NC2=S)cc1. The smallest absolute Gasteiger partial charge is 0.270 e. The summed E-state index contributed by atoms with van der Waals surface area (Å²) in [5, 5.41) is 5.34. The number of hydrogen-bond acceptors (Lipinski definition) is 6. The van der Waals surface area contributed by atoms with E-state index in [2.05, 4.69) is 26.6 Å². The van der Waals surface area contributed by atoms with Gasteiger partial charge in [-0.1, -0.05) is 53.2 Å². The van der Waals surface area contributed by atoms with E-state index in [0.717, 1.165) is 12.0 Å². The molecule has 0 unspecified atom stereocenters. The number of amides is 3. The number of nitrogens with one attached hydrogen (secondary N) is 2. The number of anilines is 2. The standard InChI is InChI=1S/C28H24BrN3O5S/c1-3-17-9-11-20(12-10-17)32-27(35)21(26(34)31-28(32)38)13-18-14-23(36-2)24(15-22(18)29)37-16-25(33)30-19-7-5-4-6-8-19/h4-15H,3,16H2,1-2H3,(H,30,33)(H,31,34,38)/b21-13+. The van der Waals surface area contributed by atoms with Gasteiger partial charge in [-0.3, -0.25) is 24.6 Å². The molecule has 1 aliphatic rings. The Hall–Kier alpha value is -4.02. The second-order valence-corrected chi connectivity index (χ2v) is 9.45. The number of benzene rings is 3. The Morgan fingerprint density at radius 2 is 1.79 bits per heavy atom. The van der Waals surface area contributed by atoms with E-state index in [-0.39, 0.29) is 23.2 Å². The molecule has 3 aromatic carbocycles. The minimum Gasteiger partial charge on any atom is -0.493 e. The van der Waals surface area contributed by atoms with Gasteiger partial charge in [0.15, 0.2) is 23.2 Å². The molecule has 0 spiro atoms. The Morgan fingerprint density at radius 1 is 1.08 bits per heavy atom. The number of carbonyl (C=O) groups excluding carboxylic acids is 3. The van der Waals surface area contributed by atoms with Crippen LogP contribution in [-0.2, 0) is 20.8 Å². The average Bonchev–Trinajstić information content (AvgIpc) is 2.91. The Bertz CT molecular complexity index is 1420. The molecule has 2 N–H and O–H groups in total. The fraction of sp³-hybridized carbons (Fsp3) is 0.143. The highest BCUT2D eigenvalue weighted by Gasteiger charge is 2.34. The van der Waals surface area contributed by atoms with Crippen molar-refractivity contribution < 1.29 is 23.9 Å². The van der Waals surface area contributed by atoms with E-state index in [4.69, 9.17) is 21.7 Å². The van der Waals surface area contributed by atoms with Crippen LogP contribution < -0.4 is 25.0 Å². The summed E-state index contributed by atoms with van der Waals surface area (Å²) in [5.74, 6) is -0.869. The van der Waals surface area contributed by atoms with Crippen LogP contribution in [0.5, 0.6) is 11.5 Å². The number of rotatable bonds is 8. The first-order valence-electron chi connectivity index (χ1n) is 11.7. The molecule has 1 fully saturated rings. The quantitative estimate of drug-likeness (QED) is 0.220. The average molecular weight is 594 g/mol. The van der Waals surface area contributed by atoms with Crippen molar-refractivity contribution in [3.8, 4) is 11.5 Å². The Labute approximate surface area is 233 Å². The van der Waals surface area contributed by atoms with Crippen LogP contribution >= 0.6 is 28.1 Å². The molecule has 194 valence electrons. The highest BCUT2D eigenvalue weighted by Crippen LogP contribution is 2.35. The summed E-state index contributed by atoms with van der Waals surface area (Å²) in [6, 6.07) is 19.6. The molecule has 8 nitrogen and oxygen atoms in total. The van der Waals surface area contributed by atoms with Crippen molar-refractivity contribution >= 4 is 68.4 Å². The number of nitrogens with zero attached hydrogens (tertiary/aromatic N) is 1. The maximum atomic E-state index is 13.4. The molecule has 0 saturated carbocycles. The first kappa shape index (κ1) is 27.0. The van der Waals surface area contributed by atoms with Gasteiger partial charge in [-0.2, -0.15) is 0 Å². The molecule has 0 aromatic heterocycles. The van der Waals surface area contributed by atoms with Gasteiger partial charge in [-0.15, -0.1) is 0 Å². The highest BCUT2D eigenvalue weighted by atomic mass is 79.9. The normalized spacial score (nSPS) is 14.3. The minimum atomic E-state index is -0.606. The van der Waals surface area contributed by atoms with Crippen LogP contribution in [0.2, 0.25) is 0 Å². The molecule has 4 rings (SSSR count). The summed E-state index contributed by atoms with van der Waals surface area (Å²) in [6.45, 7) is 1.79. The predicted octanol–water partition coefficient (Wildman–Crippen LogP) is 4.87. The van der Waals surface area contributed by atoms with Gasteiger partial charge < -0.3 is 14.8 Å². The van der Waals surface area contributed by atoms with E-state index < -0.39 is 11.8 Å². The van der Waals surface area contributed by atoms with Crippen LogP contribution in [0.1, 0.15) is 18.1 Å². The van der Waals surface area contributed by atoms with Crippen molar-refractivity contribution in [3.63, 3.8) is 0 Å². The van der Waals surface area contributed by atoms with Gasteiger partial charge in [0.1, 0.15) is 5.57 Å². The van der Waals surface area contributed by atoms with Crippen LogP contribution in [0.3, 0.4) is 0 Å². The lowest BCUT2D eigenvalue weighted by Gasteiger charge is -2.29. The lowest BCUT2D eigenvalue weighted by molar-refractivity contribution is -0.122. The molecule has 0 atom stereocenters. The molecule has 3 amide bonds. The lowest BCUT2D eigenvalue weighted by Crippen LogP contribution is -2.54. The van der Waals surface area contributed by atoms with Gasteiger partial charge in [-0.25, -0.2) is 0 Å². The zero-order valence-electron chi connectivity index (χ0n) is 20.6. The summed E-state index contributed by atoms with van der Waals surface area (Å²) in [6.07, 6.45) is 2.30. The van der Waals surface area contributed by atoms with E-state index in [1.54, 1.807) is 36.4 Å². The molecule has 10 heteroatoms. The molecule has 0 radical (unpaired) electrons. The summed E-state index contributed by atoms with van der Waals surface area (Å²) in [5.41, 5.74) is 2.71. The second-order valence-electron chi connectivity index (χ2n) is 8.21. The zero-order valence-corrected chi connectivity index (χ0v) is 23.0. The molecule has 38 heavy (non-hydrogen) atoms. The van der Waals surface area contributed by atoms with Crippen molar-refractivity contribution in [2.24, 2.45) is 0 Å². The van der Waals surface area contributed by atoms with Crippen molar-refractivity contribution in [2.75, 3.05) is 23.9 Å². The third-order valence-electron chi connectivity index (χ3n) is 5.70. The molecule has 1 aliphatic heterocycles. The molecule has 3 aromatic rings. The molecule has 1 heterocycles. The van der Waals surface area contributed by atoms with Crippen LogP contribution in [0, 0.1) is 0 Å². The predicted molar refractivity (Wildman–Crippen MR) is 153 cm³/mol. The molecule has 0 bridgehead atoms. The zero-order chi connectivity index (χ0) is 27.2. The van der Waals surface area contributed by atoms with Crippen LogP contribution in [0.4, 0.5) is 11.4 Å². The van der Waals surface area contributed by atoms with E-state index in [9.17, 15) is 14.4 Å². The van der Waals surface area contributed by atoms with Gasteiger partial charge >= 0.3 is 0 Å². The topological polar surface area (TPSA) is 97.0 Å². The van der Waals surface area contributed by atoms with Gasteiger partial charge in [0.2, 0.25) is 0 Å². The first-order chi connectivity index (χ1) is 18.3. The fourth-order valence-corrected chi connectivity index (χ4v) is 4.44. The number of halogens is 1. The summed E-state index contributed by atoms with van der Waals surface area (Å²) in [7, 11) is 1.45. The number of ether oxygens (including phenoxy) is 2. The van der Waals surface area contributed by atoms with E-state index in [1.807, 2.05) is 37.3 Å². The number of aryl methyl sites for hydroxylation is 1. The minimum absolute atomic E-state index is 0.00979. The van der Waals surface area contributed by atoms with Crippen molar-refractivity contribution in [2.45, 2.75) is 13.3 Å². The van der Waals surface area contributed by atoms with Crippen LogP contribution in [-0.4, -0.2) is 36.6 Å². The highest BCUT2D eigenvalue weighted by molar-refractivity contribution is 9.10. The third-order valence-corrected chi connectivity index (χ3v) is 6.67.